The smallest absolute Gasteiger partial charge is 0.245 e. The summed E-state index contributed by atoms with van der Waals surface area (Å²) in [5.41, 5.74) is 3.69. The molecule has 0 spiro atoms. The van der Waals surface area contributed by atoms with Gasteiger partial charge < -0.3 is 35.0 Å². The Morgan fingerprint density at radius 1 is 0.842 bits per heavy atom. The minimum Gasteiger partial charge on any atom is -0.508 e. The maximum atomic E-state index is 10.5. The van der Waals surface area contributed by atoms with Crippen LogP contribution in [0.15, 0.2) is 66.9 Å². The Kier molecular flexibility index (Phi) is 7.87. The first-order valence-corrected chi connectivity index (χ1v) is 12.6. The zero-order valence-electron chi connectivity index (χ0n) is 20.7. The quantitative estimate of drug-likeness (QED) is 0.220. The van der Waals surface area contributed by atoms with E-state index in [1.165, 1.54) is 0 Å². The number of fused-ring (bicyclic) bond motifs is 1. The van der Waals surface area contributed by atoms with Crippen molar-refractivity contribution in [3.63, 3.8) is 0 Å². The van der Waals surface area contributed by atoms with Gasteiger partial charge in [-0.3, -0.25) is 0 Å². The number of aryl methyl sites for hydroxylation is 4. The van der Waals surface area contributed by atoms with Crippen LogP contribution in [0.3, 0.4) is 0 Å². The van der Waals surface area contributed by atoms with Crippen LogP contribution >= 0.6 is 0 Å². The molecule has 0 saturated carbocycles. The molecule has 0 amide bonds. The Labute approximate surface area is 219 Å². The van der Waals surface area contributed by atoms with E-state index in [1.54, 1.807) is 23.0 Å². The second kappa shape index (κ2) is 11.5. The number of rotatable bonds is 9. The first-order chi connectivity index (χ1) is 18.4. The lowest BCUT2D eigenvalue weighted by atomic mass is 9.99. The molecule has 0 aliphatic carbocycles. The van der Waals surface area contributed by atoms with Gasteiger partial charge in [0, 0.05) is 12.7 Å². The number of aromatic hydroxyl groups is 1. The van der Waals surface area contributed by atoms with Crippen LogP contribution in [0.2, 0.25) is 0 Å². The average Bonchev–Trinajstić information content (AvgIpc) is 3.30. The highest BCUT2D eigenvalue weighted by atomic mass is 16.7. The molecular weight excluding hydrogens is 490 g/mol. The number of aliphatic hydroxyl groups is 4. The molecule has 1 fully saturated rings. The van der Waals surface area contributed by atoms with Crippen LogP contribution in [-0.2, 0) is 30.5 Å². The average molecular weight is 522 g/mol. The van der Waals surface area contributed by atoms with Crippen molar-refractivity contribution in [2.24, 2.45) is 0 Å². The second-order valence-electron chi connectivity index (χ2n) is 9.41. The van der Waals surface area contributed by atoms with Gasteiger partial charge >= 0.3 is 0 Å². The number of aliphatic hydroxyl groups excluding tert-OH is 4. The van der Waals surface area contributed by atoms with E-state index in [9.17, 15) is 25.5 Å². The SMILES string of the molecule is OC[C@H]1O[C@@H](Oc2nn(CCc3ccccc3)c3nccc(CCc4ccc(O)cc4)c23)[C@H](O)[C@@H](O)[C@@H]1O. The van der Waals surface area contributed by atoms with Gasteiger partial charge in [-0.15, -0.1) is 5.10 Å². The molecule has 3 heterocycles. The third-order valence-electron chi connectivity index (χ3n) is 6.84. The van der Waals surface area contributed by atoms with Crippen molar-refractivity contribution in [1.82, 2.24) is 14.8 Å². The molecule has 1 aliphatic rings. The van der Waals surface area contributed by atoms with Crippen molar-refractivity contribution >= 4 is 11.0 Å². The summed E-state index contributed by atoms with van der Waals surface area (Å²) in [7, 11) is 0. The highest BCUT2D eigenvalue weighted by Gasteiger charge is 2.45. The maximum absolute atomic E-state index is 10.5. The van der Waals surface area contributed by atoms with E-state index in [2.05, 4.69) is 10.1 Å². The Bertz CT molecular complexity index is 1340. The summed E-state index contributed by atoms with van der Waals surface area (Å²) >= 11 is 0. The maximum Gasteiger partial charge on any atom is 0.245 e. The van der Waals surface area contributed by atoms with Gasteiger partial charge in [-0.2, -0.15) is 0 Å². The predicted molar refractivity (Wildman–Crippen MR) is 138 cm³/mol. The van der Waals surface area contributed by atoms with Crippen LogP contribution in [0, 0.1) is 0 Å². The molecule has 4 aromatic rings. The van der Waals surface area contributed by atoms with Crippen molar-refractivity contribution in [2.45, 2.75) is 56.5 Å². The number of ether oxygens (including phenoxy) is 2. The molecule has 200 valence electrons. The molecule has 10 nitrogen and oxygen atoms in total. The van der Waals surface area contributed by atoms with Crippen LogP contribution in [0.4, 0.5) is 0 Å². The van der Waals surface area contributed by atoms with Crippen molar-refractivity contribution in [1.29, 1.82) is 0 Å². The lowest BCUT2D eigenvalue weighted by molar-refractivity contribution is -0.278. The molecule has 0 radical (unpaired) electrons. The van der Waals surface area contributed by atoms with E-state index in [4.69, 9.17) is 9.47 Å². The number of phenols is 1. The van der Waals surface area contributed by atoms with E-state index in [0.717, 1.165) is 16.7 Å². The summed E-state index contributed by atoms with van der Waals surface area (Å²) < 4.78 is 13.3. The first-order valence-electron chi connectivity index (χ1n) is 12.6. The number of nitrogens with zero attached hydrogens (tertiary/aromatic N) is 3. The van der Waals surface area contributed by atoms with Gasteiger partial charge in [0.1, 0.15) is 30.2 Å². The van der Waals surface area contributed by atoms with Gasteiger partial charge in [-0.1, -0.05) is 42.5 Å². The van der Waals surface area contributed by atoms with Crippen molar-refractivity contribution in [3.05, 3.63) is 83.6 Å². The second-order valence-corrected chi connectivity index (χ2v) is 9.41. The summed E-state index contributed by atoms with van der Waals surface area (Å²) in [6.45, 7) is -0.0382. The summed E-state index contributed by atoms with van der Waals surface area (Å²) in [5, 5.41) is 55.4. The van der Waals surface area contributed by atoms with Crippen LogP contribution in [0.1, 0.15) is 16.7 Å². The Morgan fingerprint density at radius 2 is 1.58 bits per heavy atom. The molecule has 5 atom stereocenters. The lowest BCUT2D eigenvalue weighted by Crippen LogP contribution is -2.60. The number of hydrogen-bond acceptors (Lipinski definition) is 9. The summed E-state index contributed by atoms with van der Waals surface area (Å²) in [6.07, 6.45) is -3.35. The van der Waals surface area contributed by atoms with Gasteiger partial charge in [0.25, 0.3) is 0 Å². The molecule has 1 aliphatic heterocycles. The summed E-state index contributed by atoms with van der Waals surface area (Å²) in [4.78, 5) is 4.57. The van der Waals surface area contributed by atoms with Gasteiger partial charge in [0.15, 0.2) is 5.65 Å². The predicted octanol–water partition coefficient (Wildman–Crippen LogP) is 1.34. The molecule has 10 heteroatoms. The molecular formula is C28H31N3O7. The summed E-state index contributed by atoms with van der Waals surface area (Å²) in [5.74, 6) is 0.376. The zero-order chi connectivity index (χ0) is 26.6. The number of benzene rings is 2. The van der Waals surface area contributed by atoms with Gasteiger partial charge in [0.2, 0.25) is 12.2 Å². The van der Waals surface area contributed by atoms with Crippen molar-refractivity contribution < 1.29 is 35.0 Å². The minimum atomic E-state index is -1.57. The van der Waals surface area contributed by atoms with Gasteiger partial charge in [0.05, 0.1) is 12.0 Å². The highest BCUT2D eigenvalue weighted by molar-refractivity contribution is 5.85. The first kappa shape index (κ1) is 26.1. The fourth-order valence-electron chi connectivity index (χ4n) is 4.67. The molecule has 5 N–H and O–H groups in total. The van der Waals surface area contributed by atoms with Crippen LogP contribution < -0.4 is 4.74 Å². The molecule has 5 rings (SSSR count). The van der Waals surface area contributed by atoms with Crippen LogP contribution in [0.5, 0.6) is 11.6 Å². The normalized spacial score (nSPS) is 23.5. The Morgan fingerprint density at radius 3 is 2.32 bits per heavy atom. The van der Waals surface area contributed by atoms with E-state index >= 15 is 0 Å². The number of phenolic OH excluding ortho intramolecular Hbond substituents is 1. The third-order valence-corrected chi connectivity index (χ3v) is 6.84. The Balaban J connectivity index is 1.47. The number of pyridine rings is 1. The van der Waals surface area contributed by atoms with E-state index < -0.39 is 37.3 Å². The number of aromatic nitrogens is 3. The monoisotopic (exact) mass is 521 g/mol. The molecule has 2 aromatic carbocycles. The standard InChI is InChI=1S/C28H31N3O7/c32-16-21-23(34)24(35)25(36)28(37-21)38-27-22-19(9-6-18-7-10-20(33)11-8-18)12-14-29-26(22)31(30-27)15-13-17-4-2-1-3-5-17/h1-5,7-8,10-12,14,21,23-25,28,32-36H,6,9,13,15-16H2/t21-,23-,24+,25-,28+/m1/s1. The van der Waals surface area contributed by atoms with Crippen LogP contribution in [-0.4, -0.2) is 77.6 Å². The highest BCUT2D eigenvalue weighted by Crippen LogP contribution is 2.32. The molecule has 2 aromatic heterocycles. The van der Waals surface area contributed by atoms with E-state index in [0.29, 0.717) is 36.8 Å². The summed E-state index contributed by atoms with van der Waals surface area (Å²) in [6, 6.07) is 18.9. The fourth-order valence-corrected chi connectivity index (χ4v) is 4.67. The third kappa shape index (κ3) is 5.50. The lowest BCUT2D eigenvalue weighted by Gasteiger charge is -2.39. The van der Waals surface area contributed by atoms with Crippen molar-refractivity contribution in [3.8, 4) is 11.6 Å². The molecule has 0 bridgehead atoms. The Hall–Kier alpha value is -3.54. The van der Waals surface area contributed by atoms with Crippen LogP contribution in [0.25, 0.3) is 11.0 Å². The topological polar surface area (TPSA) is 150 Å². The largest absolute Gasteiger partial charge is 0.508 e. The fraction of sp³-hybridized carbons (Fsp3) is 0.357. The zero-order valence-corrected chi connectivity index (χ0v) is 20.7. The molecule has 0 unspecified atom stereocenters. The number of hydrogen-bond donors (Lipinski definition) is 5. The van der Waals surface area contributed by atoms with E-state index in [-0.39, 0.29) is 11.6 Å². The van der Waals surface area contributed by atoms with Gasteiger partial charge in [-0.05, 0) is 54.2 Å². The molecule has 1 saturated heterocycles. The minimum absolute atomic E-state index is 0.172. The van der Waals surface area contributed by atoms with Crippen molar-refractivity contribution in [2.75, 3.05) is 6.61 Å². The van der Waals surface area contributed by atoms with E-state index in [1.807, 2.05) is 48.5 Å². The van der Waals surface area contributed by atoms with Gasteiger partial charge in [-0.25, -0.2) is 9.67 Å². The molecule has 38 heavy (non-hydrogen) atoms.